The van der Waals surface area contributed by atoms with Crippen LogP contribution in [0.5, 0.6) is 0 Å². The zero-order valence-electron chi connectivity index (χ0n) is 18.7. The zero-order valence-corrected chi connectivity index (χ0v) is 19.5. The number of carbonyl (C=O) groups is 2. The van der Waals surface area contributed by atoms with Gasteiger partial charge in [-0.05, 0) is 77.3 Å². The number of rotatable bonds is 6. The summed E-state index contributed by atoms with van der Waals surface area (Å²) in [6.45, 7) is 3.88. The molecule has 3 aromatic rings. The number of fused-ring (bicyclic) bond motifs is 1. The van der Waals surface area contributed by atoms with Gasteiger partial charge in [-0.1, -0.05) is 38.1 Å². The molecule has 0 aromatic heterocycles. The summed E-state index contributed by atoms with van der Waals surface area (Å²) in [6, 6.07) is 18.3. The SMILES string of the molecule is CC(C)C(C(=O)O)N1Cc2cc(-c3ccc(NC(=S)Nc4cccc(F)c4)cc3)ccc2C1=O. The van der Waals surface area contributed by atoms with Crippen molar-refractivity contribution >= 4 is 40.6 Å². The lowest BCUT2D eigenvalue weighted by atomic mass is 10.0. The molecule has 8 heteroatoms. The van der Waals surface area contributed by atoms with Crippen molar-refractivity contribution in [3.8, 4) is 11.1 Å². The van der Waals surface area contributed by atoms with E-state index < -0.39 is 12.0 Å². The van der Waals surface area contributed by atoms with E-state index in [1.54, 1.807) is 32.0 Å². The summed E-state index contributed by atoms with van der Waals surface area (Å²) >= 11 is 5.30. The van der Waals surface area contributed by atoms with Crippen LogP contribution in [0.4, 0.5) is 15.8 Å². The molecule has 1 atom stereocenters. The van der Waals surface area contributed by atoms with Crippen molar-refractivity contribution in [2.75, 3.05) is 10.6 Å². The summed E-state index contributed by atoms with van der Waals surface area (Å²) in [6.07, 6.45) is 0. The van der Waals surface area contributed by atoms with Gasteiger partial charge in [-0.3, -0.25) is 4.79 Å². The molecule has 1 heterocycles. The number of benzene rings is 3. The maximum absolute atomic E-state index is 13.3. The van der Waals surface area contributed by atoms with E-state index in [1.165, 1.54) is 17.0 Å². The van der Waals surface area contributed by atoms with Gasteiger partial charge in [0.15, 0.2) is 5.11 Å². The Labute approximate surface area is 202 Å². The number of carboxylic acid groups (broad SMARTS) is 1. The number of halogens is 1. The molecule has 0 bridgehead atoms. The van der Waals surface area contributed by atoms with Gasteiger partial charge in [-0.2, -0.15) is 0 Å². The van der Waals surface area contributed by atoms with Crippen molar-refractivity contribution in [2.45, 2.75) is 26.4 Å². The molecule has 6 nitrogen and oxygen atoms in total. The third-order valence-electron chi connectivity index (χ3n) is 5.72. The summed E-state index contributed by atoms with van der Waals surface area (Å²) in [5.41, 5.74) is 4.55. The van der Waals surface area contributed by atoms with Gasteiger partial charge in [-0.15, -0.1) is 0 Å². The molecule has 1 aliphatic heterocycles. The first kappa shape index (κ1) is 23.4. The van der Waals surface area contributed by atoms with Gasteiger partial charge < -0.3 is 20.6 Å². The monoisotopic (exact) mass is 477 g/mol. The molecular weight excluding hydrogens is 453 g/mol. The number of amides is 1. The van der Waals surface area contributed by atoms with Crippen LogP contribution in [0.15, 0.2) is 66.7 Å². The number of anilines is 2. The van der Waals surface area contributed by atoms with Crippen LogP contribution in [0.25, 0.3) is 11.1 Å². The van der Waals surface area contributed by atoms with Crippen molar-refractivity contribution in [2.24, 2.45) is 5.92 Å². The molecule has 174 valence electrons. The highest BCUT2D eigenvalue weighted by molar-refractivity contribution is 7.80. The van der Waals surface area contributed by atoms with E-state index in [1.807, 2.05) is 36.4 Å². The number of carbonyl (C=O) groups excluding carboxylic acids is 1. The minimum absolute atomic E-state index is 0.197. The number of hydrogen-bond acceptors (Lipinski definition) is 3. The molecule has 0 aliphatic carbocycles. The van der Waals surface area contributed by atoms with Gasteiger partial charge in [0.05, 0.1) is 0 Å². The van der Waals surface area contributed by atoms with Crippen molar-refractivity contribution in [3.05, 3.63) is 83.7 Å². The lowest BCUT2D eigenvalue weighted by molar-refractivity contribution is -0.144. The van der Waals surface area contributed by atoms with E-state index in [-0.39, 0.29) is 24.2 Å². The molecule has 0 fully saturated rings. The van der Waals surface area contributed by atoms with Crippen LogP contribution in [0.1, 0.15) is 29.8 Å². The number of hydrogen-bond donors (Lipinski definition) is 3. The number of thiocarbonyl (C=S) groups is 1. The third kappa shape index (κ3) is 4.92. The van der Waals surface area contributed by atoms with E-state index in [0.717, 1.165) is 22.4 Å². The zero-order chi connectivity index (χ0) is 24.4. The van der Waals surface area contributed by atoms with E-state index in [2.05, 4.69) is 10.6 Å². The average molecular weight is 478 g/mol. The van der Waals surface area contributed by atoms with Crippen LogP contribution < -0.4 is 10.6 Å². The van der Waals surface area contributed by atoms with Gasteiger partial charge in [0.1, 0.15) is 11.9 Å². The van der Waals surface area contributed by atoms with E-state index in [0.29, 0.717) is 16.4 Å². The van der Waals surface area contributed by atoms with Crippen LogP contribution in [0.3, 0.4) is 0 Å². The molecule has 0 radical (unpaired) electrons. The summed E-state index contributed by atoms with van der Waals surface area (Å²) in [7, 11) is 0. The standard InChI is InChI=1S/C26H24FN3O3S/c1-15(2)23(25(32)33)30-14-18-12-17(8-11-22(18)24(30)31)16-6-9-20(10-7-16)28-26(34)29-21-5-3-4-19(27)13-21/h3-13,15,23H,14H2,1-2H3,(H,32,33)(H2,28,29,34). The topological polar surface area (TPSA) is 81.7 Å². The molecule has 34 heavy (non-hydrogen) atoms. The molecule has 1 amide bonds. The fraction of sp³-hybridized carbons (Fsp3) is 0.192. The quantitative estimate of drug-likeness (QED) is 0.415. The molecular formula is C26H24FN3O3S. The molecule has 1 unspecified atom stereocenters. The van der Waals surface area contributed by atoms with Crippen molar-refractivity contribution < 1.29 is 19.1 Å². The maximum Gasteiger partial charge on any atom is 0.326 e. The molecule has 0 saturated heterocycles. The number of aliphatic carboxylic acids is 1. The summed E-state index contributed by atoms with van der Waals surface area (Å²) in [4.78, 5) is 25.9. The lowest BCUT2D eigenvalue weighted by Gasteiger charge is -2.27. The first-order valence-electron chi connectivity index (χ1n) is 10.8. The second-order valence-electron chi connectivity index (χ2n) is 8.50. The lowest BCUT2D eigenvalue weighted by Crippen LogP contribution is -2.44. The minimum atomic E-state index is -0.996. The van der Waals surface area contributed by atoms with Crippen molar-refractivity contribution in [3.63, 3.8) is 0 Å². The predicted octanol–water partition coefficient (Wildman–Crippen LogP) is 5.37. The third-order valence-corrected chi connectivity index (χ3v) is 5.92. The normalized spacial score (nSPS) is 13.5. The minimum Gasteiger partial charge on any atom is -0.480 e. The molecule has 1 aliphatic rings. The first-order chi connectivity index (χ1) is 16.2. The Morgan fingerprint density at radius 3 is 2.32 bits per heavy atom. The number of carboxylic acids is 1. The van der Waals surface area contributed by atoms with E-state index in [9.17, 15) is 19.1 Å². The van der Waals surface area contributed by atoms with Crippen LogP contribution in [0, 0.1) is 11.7 Å². The number of nitrogens with one attached hydrogen (secondary N) is 2. The van der Waals surface area contributed by atoms with Gasteiger partial charge in [-0.25, -0.2) is 9.18 Å². The molecule has 0 saturated carbocycles. The van der Waals surface area contributed by atoms with Crippen LogP contribution in [-0.2, 0) is 11.3 Å². The molecule has 3 N–H and O–H groups in total. The van der Waals surface area contributed by atoms with Gasteiger partial charge in [0.2, 0.25) is 0 Å². The molecule has 3 aromatic carbocycles. The Kier molecular flexibility index (Phi) is 6.61. The van der Waals surface area contributed by atoms with Crippen molar-refractivity contribution in [1.82, 2.24) is 4.90 Å². The Hall–Kier alpha value is -3.78. The first-order valence-corrected chi connectivity index (χ1v) is 11.2. The van der Waals surface area contributed by atoms with Crippen LogP contribution >= 0.6 is 12.2 Å². The Bertz CT molecular complexity index is 1260. The van der Waals surface area contributed by atoms with Crippen molar-refractivity contribution in [1.29, 1.82) is 0 Å². The number of nitrogens with zero attached hydrogens (tertiary/aromatic N) is 1. The van der Waals surface area contributed by atoms with Crippen LogP contribution in [-0.4, -0.2) is 33.0 Å². The van der Waals surface area contributed by atoms with E-state index in [4.69, 9.17) is 12.2 Å². The highest BCUT2D eigenvalue weighted by atomic mass is 32.1. The van der Waals surface area contributed by atoms with Gasteiger partial charge in [0, 0.05) is 23.5 Å². The van der Waals surface area contributed by atoms with Crippen LogP contribution in [0.2, 0.25) is 0 Å². The largest absolute Gasteiger partial charge is 0.480 e. The fourth-order valence-corrected chi connectivity index (χ4v) is 4.37. The highest BCUT2D eigenvalue weighted by Crippen LogP contribution is 2.31. The Morgan fingerprint density at radius 2 is 1.68 bits per heavy atom. The average Bonchev–Trinajstić information content (AvgIpc) is 3.09. The highest BCUT2D eigenvalue weighted by Gasteiger charge is 2.38. The maximum atomic E-state index is 13.3. The molecule has 4 rings (SSSR count). The predicted molar refractivity (Wildman–Crippen MR) is 134 cm³/mol. The second kappa shape index (κ2) is 9.61. The molecule has 0 spiro atoms. The fourth-order valence-electron chi connectivity index (χ4n) is 4.13. The van der Waals surface area contributed by atoms with E-state index >= 15 is 0 Å². The second-order valence-corrected chi connectivity index (χ2v) is 8.91. The Morgan fingerprint density at radius 1 is 1.00 bits per heavy atom. The van der Waals surface area contributed by atoms with Gasteiger partial charge in [0.25, 0.3) is 5.91 Å². The Balaban J connectivity index is 1.46. The van der Waals surface area contributed by atoms with Gasteiger partial charge >= 0.3 is 5.97 Å². The summed E-state index contributed by atoms with van der Waals surface area (Å²) in [5, 5.41) is 15.9. The smallest absolute Gasteiger partial charge is 0.326 e. The summed E-state index contributed by atoms with van der Waals surface area (Å²) < 4.78 is 13.3. The summed E-state index contributed by atoms with van der Waals surface area (Å²) in [5.74, 6) is -1.79.